The molecular formula is C18H31N3O4. The van der Waals surface area contributed by atoms with Gasteiger partial charge in [0.2, 0.25) is 11.8 Å². The number of rotatable bonds is 6. The Morgan fingerprint density at radius 2 is 1.88 bits per heavy atom. The lowest BCUT2D eigenvalue weighted by atomic mass is 9.96. The molecule has 1 aliphatic rings. The largest absolute Gasteiger partial charge is 0.444 e. The molecule has 0 aromatic heterocycles. The maximum atomic E-state index is 12.1. The fraction of sp³-hybridized carbons (Fsp3) is 0.722. The Morgan fingerprint density at radius 3 is 2.40 bits per heavy atom. The molecule has 142 valence electrons. The van der Waals surface area contributed by atoms with E-state index in [-0.39, 0.29) is 24.3 Å². The summed E-state index contributed by atoms with van der Waals surface area (Å²) in [5, 5.41) is 2.60. The second-order valence-electron chi connectivity index (χ2n) is 7.43. The molecule has 0 unspecified atom stereocenters. The van der Waals surface area contributed by atoms with Crippen molar-refractivity contribution in [3.63, 3.8) is 0 Å². The normalized spacial score (nSPS) is 15.4. The Labute approximate surface area is 150 Å². The van der Waals surface area contributed by atoms with Crippen LogP contribution in [0.3, 0.4) is 0 Å². The Morgan fingerprint density at radius 1 is 1.28 bits per heavy atom. The highest BCUT2D eigenvalue weighted by molar-refractivity contribution is 5.87. The highest BCUT2D eigenvalue weighted by Crippen LogP contribution is 2.20. The molecule has 1 saturated heterocycles. The average molecular weight is 353 g/mol. The number of nitrogens with one attached hydrogen (secondary N) is 1. The summed E-state index contributed by atoms with van der Waals surface area (Å²) in [4.78, 5) is 38.6. The zero-order chi connectivity index (χ0) is 19.0. The zero-order valence-corrected chi connectivity index (χ0v) is 15.8. The monoisotopic (exact) mass is 353 g/mol. The predicted octanol–water partition coefficient (Wildman–Crippen LogP) is 1.78. The van der Waals surface area contributed by atoms with Crippen molar-refractivity contribution in [1.82, 2.24) is 15.1 Å². The first-order chi connectivity index (χ1) is 11.6. The molecule has 0 aromatic carbocycles. The summed E-state index contributed by atoms with van der Waals surface area (Å²) in [5.74, 6) is 0.0966. The second-order valence-corrected chi connectivity index (χ2v) is 7.43. The van der Waals surface area contributed by atoms with Crippen LogP contribution in [0.15, 0.2) is 12.7 Å². The molecule has 1 rings (SSSR count). The summed E-state index contributed by atoms with van der Waals surface area (Å²) in [6.45, 7) is 11.2. The van der Waals surface area contributed by atoms with E-state index in [0.29, 0.717) is 32.1 Å². The van der Waals surface area contributed by atoms with Gasteiger partial charge in [0, 0.05) is 39.6 Å². The van der Waals surface area contributed by atoms with Crippen LogP contribution in [0.25, 0.3) is 0 Å². The summed E-state index contributed by atoms with van der Waals surface area (Å²) in [6.07, 6.45) is 2.89. The van der Waals surface area contributed by atoms with Crippen molar-refractivity contribution in [1.29, 1.82) is 0 Å². The van der Waals surface area contributed by atoms with E-state index in [4.69, 9.17) is 4.74 Å². The van der Waals surface area contributed by atoms with Gasteiger partial charge >= 0.3 is 6.09 Å². The van der Waals surface area contributed by atoms with Crippen LogP contribution in [0.4, 0.5) is 4.79 Å². The summed E-state index contributed by atoms with van der Waals surface area (Å²) in [7, 11) is 1.78. The smallest absolute Gasteiger partial charge is 0.410 e. The van der Waals surface area contributed by atoms with E-state index in [2.05, 4.69) is 11.9 Å². The Balaban J connectivity index is 2.30. The van der Waals surface area contributed by atoms with Crippen LogP contribution >= 0.6 is 0 Å². The van der Waals surface area contributed by atoms with E-state index in [1.807, 2.05) is 20.8 Å². The third kappa shape index (κ3) is 8.05. The molecule has 1 fully saturated rings. The van der Waals surface area contributed by atoms with Gasteiger partial charge in [-0.3, -0.25) is 9.59 Å². The molecular weight excluding hydrogens is 322 g/mol. The first-order valence-corrected chi connectivity index (χ1v) is 8.74. The molecule has 25 heavy (non-hydrogen) atoms. The molecule has 0 radical (unpaired) electrons. The van der Waals surface area contributed by atoms with Gasteiger partial charge in [-0.05, 0) is 45.6 Å². The summed E-state index contributed by atoms with van der Waals surface area (Å²) in [5.41, 5.74) is -0.485. The summed E-state index contributed by atoms with van der Waals surface area (Å²) in [6, 6.07) is 0. The van der Waals surface area contributed by atoms with Gasteiger partial charge in [0.15, 0.2) is 0 Å². The van der Waals surface area contributed by atoms with Crippen molar-refractivity contribution < 1.29 is 19.1 Å². The molecule has 0 spiro atoms. The Hall–Kier alpha value is -2.05. The number of hydrogen-bond donors (Lipinski definition) is 1. The van der Waals surface area contributed by atoms with Crippen molar-refractivity contribution in [3.8, 4) is 0 Å². The summed E-state index contributed by atoms with van der Waals surface area (Å²) < 4.78 is 5.39. The number of hydrogen-bond acceptors (Lipinski definition) is 4. The highest BCUT2D eigenvalue weighted by Gasteiger charge is 2.27. The maximum Gasteiger partial charge on any atom is 0.410 e. The van der Waals surface area contributed by atoms with Gasteiger partial charge in [-0.1, -0.05) is 6.58 Å². The zero-order valence-electron chi connectivity index (χ0n) is 15.8. The first kappa shape index (κ1) is 21.0. The number of piperidine rings is 1. The molecule has 3 amide bonds. The number of nitrogens with zero attached hydrogens (tertiary/aromatic N) is 2. The molecule has 0 aliphatic carbocycles. The molecule has 7 nitrogen and oxygen atoms in total. The molecule has 1 aliphatic heterocycles. The van der Waals surface area contributed by atoms with Gasteiger partial charge in [-0.2, -0.15) is 0 Å². The quantitative estimate of drug-likeness (QED) is 0.738. The van der Waals surface area contributed by atoms with E-state index in [1.165, 1.54) is 6.08 Å². The minimum atomic E-state index is -0.485. The fourth-order valence-electron chi connectivity index (χ4n) is 2.67. The van der Waals surface area contributed by atoms with Gasteiger partial charge < -0.3 is 19.9 Å². The lowest BCUT2D eigenvalue weighted by molar-refractivity contribution is -0.130. The fourth-order valence-corrected chi connectivity index (χ4v) is 2.67. The molecule has 1 heterocycles. The topological polar surface area (TPSA) is 79.0 Å². The number of ether oxygens (including phenoxy) is 1. The predicted molar refractivity (Wildman–Crippen MR) is 96.0 cm³/mol. The third-order valence-corrected chi connectivity index (χ3v) is 4.05. The lowest BCUT2D eigenvalue weighted by Gasteiger charge is -2.34. The highest BCUT2D eigenvalue weighted by atomic mass is 16.6. The molecule has 0 saturated carbocycles. The van der Waals surface area contributed by atoms with Gasteiger partial charge in [-0.15, -0.1) is 0 Å². The lowest BCUT2D eigenvalue weighted by Crippen LogP contribution is -2.44. The SMILES string of the molecule is C=CC(=O)NCCC(=O)N(C)CC1CCN(C(=O)OC(C)(C)C)CC1. The van der Waals surface area contributed by atoms with Gasteiger partial charge in [0.05, 0.1) is 0 Å². The Kier molecular flexibility index (Phi) is 7.93. The molecule has 7 heteroatoms. The first-order valence-electron chi connectivity index (χ1n) is 8.74. The average Bonchev–Trinajstić information content (AvgIpc) is 2.53. The molecule has 0 bridgehead atoms. The van der Waals surface area contributed by atoms with Crippen LogP contribution in [-0.4, -0.2) is 66.5 Å². The van der Waals surface area contributed by atoms with Crippen LogP contribution in [0.1, 0.15) is 40.0 Å². The van der Waals surface area contributed by atoms with Crippen LogP contribution in [0, 0.1) is 5.92 Å². The summed E-state index contributed by atoms with van der Waals surface area (Å²) >= 11 is 0. The van der Waals surface area contributed by atoms with E-state index < -0.39 is 5.60 Å². The molecule has 0 aromatic rings. The van der Waals surface area contributed by atoms with Crippen molar-refractivity contribution in [3.05, 3.63) is 12.7 Å². The molecule has 1 N–H and O–H groups in total. The van der Waals surface area contributed by atoms with Gasteiger partial charge in [0.1, 0.15) is 5.60 Å². The van der Waals surface area contributed by atoms with E-state index in [0.717, 1.165) is 12.8 Å². The minimum absolute atomic E-state index is 0.000987. The van der Waals surface area contributed by atoms with Crippen LogP contribution < -0.4 is 5.32 Å². The molecule has 0 atom stereocenters. The number of likely N-dealkylation sites (tertiary alicyclic amines) is 1. The maximum absolute atomic E-state index is 12.1. The number of carbonyl (C=O) groups excluding carboxylic acids is 3. The van der Waals surface area contributed by atoms with E-state index in [9.17, 15) is 14.4 Å². The van der Waals surface area contributed by atoms with Crippen molar-refractivity contribution in [2.75, 3.05) is 33.2 Å². The van der Waals surface area contributed by atoms with Gasteiger partial charge in [0.25, 0.3) is 0 Å². The van der Waals surface area contributed by atoms with Crippen LogP contribution in [0.5, 0.6) is 0 Å². The van der Waals surface area contributed by atoms with Crippen LogP contribution in [0.2, 0.25) is 0 Å². The van der Waals surface area contributed by atoms with Crippen molar-refractivity contribution >= 4 is 17.9 Å². The van der Waals surface area contributed by atoms with Crippen LogP contribution in [-0.2, 0) is 14.3 Å². The van der Waals surface area contributed by atoms with E-state index >= 15 is 0 Å². The van der Waals surface area contributed by atoms with Crippen molar-refractivity contribution in [2.45, 2.75) is 45.6 Å². The standard InChI is InChI=1S/C18H31N3O4/c1-6-15(22)19-10-7-16(23)20(5)13-14-8-11-21(12-9-14)17(24)25-18(2,3)4/h6,14H,1,7-13H2,2-5H3,(H,19,22). The Bertz CT molecular complexity index is 491. The number of amides is 3. The van der Waals surface area contributed by atoms with Crippen molar-refractivity contribution in [2.24, 2.45) is 5.92 Å². The number of carbonyl (C=O) groups is 3. The minimum Gasteiger partial charge on any atom is -0.444 e. The second kappa shape index (κ2) is 9.44. The van der Waals surface area contributed by atoms with Gasteiger partial charge in [-0.25, -0.2) is 4.79 Å². The third-order valence-electron chi connectivity index (χ3n) is 4.05. The van der Waals surface area contributed by atoms with E-state index in [1.54, 1.807) is 16.8 Å².